The van der Waals surface area contributed by atoms with Crippen LogP contribution >= 0.6 is 0 Å². The van der Waals surface area contributed by atoms with Crippen LogP contribution in [0.4, 0.5) is 5.82 Å². The average Bonchev–Trinajstić information content (AvgIpc) is 3.38. The highest BCUT2D eigenvalue weighted by molar-refractivity contribution is 5.81. The third kappa shape index (κ3) is 3.20. The maximum absolute atomic E-state index is 11.9. The first-order valence-electron chi connectivity index (χ1n) is 7.77. The zero-order valence-corrected chi connectivity index (χ0v) is 12.4. The minimum Gasteiger partial charge on any atom is -0.383 e. The normalized spacial score (nSPS) is 20.3. The van der Waals surface area contributed by atoms with Gasteiger partial charge < -0.3 is 15.3 Å². The largest absolute Gasteiger partial charge is 0.383 e. The molecule has 1 aromatic rings. The van der Waals surface area contributed by atoms with Gasteiger partial charge >= 0.3 is 0 Å². The van der Waals surface area contributed by atoms with Gasteiger partial charge in [0.25, 0.3) is 0 Å². The molecule has 2 fully saturated rings. The smallest absolute Gasteiger partial charge is 0.249 e. The quantitative estimate of drug-likeness (QED) is 0.859. The Kier molecular flexibility index (Phi) is 4.25. The monoisotopic (exact) mass is 300 g/mol. The number of amides is 1. The van der Waals surface area contributed by atoms with E-state index in [2.05, 4.69) is 21.3 Å². The Morgan fingerprint density at radius 1 is 1.41 bits per heavy atom. The number of nitrogens with zero attached hydrogens (tertiary/aromatic N) is 3. The molecule has 0 spiro atoms. The summed E-state index contributed by atoms with van der Waals surface area (Å²) >= 11 is 0. The van der Waals surface area contributed by atoms with Crippen LogP contribution in [-0.4, -0.2) is 41.2 Å². The number of pyridine rings is 1. The molecular weight excluding hydrogens is 280 g/mol. The second kappa shape index (κ2) is 6.32. The van der Waals surface area contributed by atoms with E-state index in [1.165, 1.54) is 0 Å². The molecule has 1 saturated heterocycles. The van der Waals surface area contributed by atoms with Gasteiger partial charge in [0.1, 0.15) is 18.0 Å². The second-order valence-corrected chi connectivity index (χ2v) is 6.04. The molecule has 22 heavy (non-hydrogen) atoms. The van der Waals surface area contributed by atoms with Crippen LogP contribution in [0.1, 0.15) is 31.2 Å². The zero-order valence-electron chi connectivity index (χ0n) is 12.4. The molecule has 0 bridgehead atoms. The fourth-order valence-electron chi connectivity index (χ4n) is 2.89. The second-order valence-electron chi connectivity index (χ2n) is 6.04. The third-order valence-corrected chi connectivity index (χ3v) is 4.39. The Labute approximate surface area is 129 Å². The molecule has 0 aromatic carbocycles. The van der Waals surface area contributed by atoms with Crippen molar-refractivity contribution in [1.82, 2.24) is 10.3 Å². The highest BCUT2D eigenvalue weighted by atomic mass is 16.3. The van der Waals surface area contributed by atoms with Gasteiger partial charge in [-0.05, 0) is 43.7 Å². The highest BCUT2D eigenvalue weighted by Gasteiger charge is 2.33. The average molecular weight is 300 g/mol. The fourth-order valence-corrected chi connectivity index (χ4v) is 2.89. The van der Waals surface area contributed by atoms with Crippen LogP contribution < -0.4 is 10.2 Å². The first-order chi connectivity index (χ1) is 10.7. The topological polar surface area (TPSA) is 89.2 Å². The van der Waals surface area contributed by atoms with Crippen molar-refractivity contribution in [3.05, 3.63) is 23.9 Å². The Bertz CT molecular complexity index is 586. The number of hydrogen-bond acceptors (Lipinski definition) is 5. The molecule has 6 heteroatoms. The van der Waals surface area contributed by atoms with E-state index < -0.39 is 6.10 Å². The summed E-state index contributed by atoms with van der Waals surface area (Å²) in [5, 5.41) is 22.2. The summed E-state index contributed by atoms with van der Waals surface area (Å²) in [5.74, 6) is 0.432. The molecule has 1 unspecified atom stereocenters. The molecular formula is C16H20N4O2. The molecule has 116 valence electrons. The van der Waals surface area contributed by atoms with Gasteiger partial charge in [-0.15, -0.1) is 0 Å². The lowest BCUT2D eigenvalue weighted by molar-refractivity contribution is -0.132. The minimum absolute atomic E-state index is 0.0238. The van der Waals surface area contributed by atoms with E-state index in [0.717, 1.165) is 25.7 Å². The summed E-state index contributed by atoms with van der Waals surface area (Å²) in [6.07, 6.45) is 4.24. The number of hydrogen-bond donors (Lipinski definition) is 2. The van der Waals surface area contributed by atoms with Gasteiger partial charge in [0.2, 0.25) is 5.91 Å². The highest BCUT2D eigenvalue weighted by Crippen LogP contribution is 2.27. The van der Waals surface area contributed by atoms with Crippen molar-refractivity contribution in [2.24, 2.45) is 5.92 Å². The Hall–Kier alpha value is -2.13. The number of aliphatic hydroxyl groups excluding tert-OH is 1. The number of carbonyl (C=O) groups excluding carboxylic acids is 1. The van der Waals surface area contributed by atoms with Crippen LogP contribution in [0.5, 0.6) is 0 Å². The summed E-state index contributed by atoms with van der Waals surface area (Å²) in [6, 6.07) is 5.94. The first kappa shape index (κ1) is 14.8. The fraction of sp³-hybridized carbons (Fsp3) is 0.562. The molecule has 1 atom stereocenters. The predicted molar refractivity (Wildman–Crippen MR) is 81.1 cm³/mol. The molecule has 1 saturated carbocycles. The van der Waals surface area contributed by atoms with E-state index in [1.807, 2.05) is 0 Å². The third-order valence-electron chi connectivity index (χ3n) is 4.39. The first-order valence-corrected chi connectivity index (χ1v) is 7.77. The lowest BCUT2D eigenvalue weighted by Crippen LogP contribution is -2.45. The van der Waals surface area contributed by atoms with E-state index in [1.54, 1.807) is 18.3 Å². The molecule has 1 aliphatic heterocycles. The van der Waals surface area contributed by atoms with E-state index in [4.69, 9.17) is 5.26 Å². The number of carbonyl (C=O) groups is 1. The van der Waals surface area contributed by atoms with Crippen LogP contribution in [0.25, 0.3) is 0 Å². The van der Waals surface area contributed by atoms with Crippen molar-refractivity contribution in [3.63, 3.8) is 0 Å². The summed E-state index contributed by atoms with van der Waals surface area (Å²) in [6.45, 7) is 1.40. The van der Waals surface area contributed by atoms with E-state index in [-0.39, 0.29) is 17.9 Å². The van der Waals surface area contributed by atoms with Crippen molar-refractivity contribution in [1.29, 1.82) is 5.26 Å². The molecule has 0 radical (unpaired) electrons. The van der Waals surface area contributed by atoms with Crippen molar-refractivity contribution in [3.8, 4) is 6.07 Å². The van der Waals surface area contributed by atoms with Crippen LogP contribution in [-0.2, 0) is 4.79 Å². The lowest BCUT2D eigenvalue weighted by atomic mass is 9.90. The molecule has 2 heterocycles. The number of anilines is 1. The van der Waals surface area contributed by atoms with Gasteiger partial charge in [-0.2, -0.15) is 5.26 Å². The predicted octanol–water partition coefficient (Wildman–Crippen LogP) is 0.809. The van der Waals surface area contributed by atoms with E-state index >= 15 is 0 Å². The van der Waals surface area contributed by atoms with Crippen molar-refractivity contribution in [2.45, 2.75) is 37.8 Å². The lowest BCUT2D eigenvalue weighted by Gasteiger charge is -2.34. The molecule has 2 N–H and O–H groups in total. The molecule has 3 rings (SSSR count). The molecule has 6 nitrogen and oxygen atoms in total. The van der Waals surface area contributed by atoms with Crippen LogP contribution in [0.3, 0.4) is 0 Å². The number of aromatic nitrogens is 1. The minimum atomic E-state index is -0.929. The maximum atomic E-state index is 11.9. The van der Waals surface area contributed by atoms with E-state index in [0.29, 0.717) is 24.5 Å². The molecule has 2 aliphatic rings. The van der Waals surface area contributed by atoms with Crippen LogP contribution in [0.2, 0.25) is 0 Å². The van der Waals surface area contributed by atoms with Crippen molar-refractivity contribution in [2.75, 3.05) is 18.0 Å². The molecule has 1 aliphatic carbocycles. The number of rotatable bonds is 4. The summed E-state index contributed by atoms with van der Waals surface area (Å²) in [7, 11) is 0. The van der Waals surface area contributed by atoms with Crippen LogP contribution in [0.15, 0.2) is 18.3 Å². The molecule has 1 aromatic heterocycles. The zero-order chi connectivity index (χ0) is 15.5. The number of aliphatic hydroxyl groups is 1. The van der Waals surface area contributed by atoms with Gasteiger partial charge in [-0.3, -0.25) is 4.79 Å². The molecule has 1 amide bonds. The standard InChI is InChI=1S/C16H20N4O2/c17-10-12-2-1-7-18-15(12)20-8-5-11(6-9-20)14(21)16(22)19-13-3-4-13/h1-2,7,11,13-14,21H,3-6,8-9H2,(H,19,22). The van der Waals surface area contributed by atoms with Gasteiger partial charge in [-0.25, -0.2) is 4.98 Å². The summed E-state index contributed by atoms with van der Waals surface area (Å²) < 4.78 is 0. The van der Waals surface area contributed by atoms with Gasteiger partial charge in [0.05, 0.1) is 5.56 Å². The Morgan fingerprint density at radius 2 is 2.14 bits per heavy atom. The maximum Gasteiger partial charge on any atom is 0.249 e. The van der Waals surface area contributed by atoms with Gasteiger partial charge in [0.15, 0.2) is 0 Å². The Balaban J connectivity index is 1.57. The number of nitrogens with one attached hydrogen (secondary N) is 1. The van der Waals surface area contributed by atoms with Gasteiger partial charge in [0, 0.05) is 25.3 Å². The SMILES string of the molecule is N#Cc1cccnc1N1CCC(C(O)C(=O)NC2CC2)CC1. The number of piperidine rings is 1. The van der Waals surface area contributed by atoms with Crippen LogP contribution in [0, 0.1) is 17.2 Å². The number of nitriles is 1. The van der Waals surface area contributed by atoms with E-state index in [9.17, 15) is 9.90 Å². The Morgan fingerprint density at radius 3 is 2.77 bits per heavy atom. The summed E-state index contributed by atoms with van der Waals surface area (Å²) in [5.41, 5.74) is 0.563. The summed E-state index contributed by atoms with van der Waals surface area (Å²) in [4.78, 5) is 18.3. The van der Waals surface area contributed by atoms with Crippen molar-refractivity contribution < 1.29 is 9.90 Å². The van der Waals surface area contributed by atoms with Gasteiger partial charge in [-0.1, -0.05) is 0 Å². The van der Waals surface area contributed by atoms with Crippen molar-refractivity contribution >= 4 is 11.7 Å².